The quantitative estimate of drug-likeness (QED) is 0.0321. The summed E-state index contributed by atoms with van der Waals surface area (Å²) in [6.45, 7) is 4.85. The first-order chi connectivity index (χ1) is 31.0. The van der Waals surface area contributed by atoms with Gasteiger partial charge in [0, 0.05) is 12.8 Å². The van der Waals surface area contributed by atoms with E-state index in [4.69, 9.17) is 4.74 Å². The molecule has 2 unspecified atom stereocenters. The molecule has 6 nitrogen and oxygen atoms in total. The Morgan fingerprint density at radius 1 is 0.429 bits per heavy atom. The number of rotatable bonds is 52. The van der Waals surface area contributed by atoms with E-state index in [0.29, 0.717) is 25.9 Å². The van der Waals surface area contributed by atoms with Gasteiger partial charge >= 0.3 is 5.97 Å². The average molecular weight is 889 g/mol. The fraction of sp³-hybridized carbons (Fsp3) is 0.895. The standard InChI is InChI=1S/C57H109NO5/c1-3-5-7-9-11-13-15-17-18-19-20-21-22-23-24-25-26-27-28-29-30-33-37-41-45-49-55(60)54(53-59)58-56(61)50-46-42-38-34-32-36-40-44-48-52-63-57(62)51-47-43-39-35-31-16-14-12-10-8-6-4-2/h12,14,34,38,54-55,59-60H,3-11,13,15-33,35-37,39-53H2,1-2H3,(H,58,61)/b14-12-,38-34-. The van der Waals surface area contributed by atoms with E-state index in [1.54, 1.807) is 0 Å². The molecule has 0 aromatic carbocycles. The summed E-state index contributed by atoms with van der Waals surface area (Å²) < 4.78 is 5.42. The summed E-state index contributed by atoms with van der Waals surface area (Å²) in [6.07, 6.45) is 63.2. The van der Waals surface area contributed by atoms with E-state index in [1.807, 2.05) is 0 Å². The second-order valence-corrected chi connectivity index (χ2v) is 19.3. The predicted octanol–water partition coefficient (Wildman–Crippen LogP) is 17.1. The maximum atomic E-state index is 12.5. The van der Waals surface area contributed by atoms with Crippen LogP contribution in [-0.4, -0.2) is 47.4 Å². The number of carbonyl (C=O) groups excluding carboxylic acids is 2. The highest BCUT2D eigenvalue weighted by Crippen LogP contribution is 2.17. The van der Waals surface area contributed by atoms with Crippen LogP contribution >= 0.6 is 0 Å². The molecule has 63 heavy (non-hydrogen) atoms. The lowest BCUT2D eigenvalue weighted by molar-refractivity contribution is -0.143. The zero-order valence-corrected chi connectivity index (χ0v) is 42.3. The third kappa shape index (κ3) is 49.6. The van der Waals surface area contributed by atoms with Crippen molar-refractivity contribution < 1.29 is 24.5 Å². The Kier molecular flexibility index (Phi) is 51.6. The van der Waals surface area contributed by atoms with Crippen molar-refractivity contribution in [2.24, 2.45) is 0 Å². The maximum Gasteiger partial charge on any atom is 0.305 e. The molecule has 1 amide bonds. The van der Waals surface area contributed by atoms with Gasteiger partial charge in [-0.15, -0.1) is 0 Å². The maximum absolute atomic E-state index is 12.5. The van der Waals surface area contributed by atoms with Crippen molar-refractivity contribution >= 4 is 11.9 Å². The fourth-order valence-electron chi connectivity index (χ4n) is 8.64. The molecule has 0 bridgehead atoms. The SMILES string of the molecule is CCCCC/C=C\CCCCCCCC(=O)OCCCCCC/C=C\CCCC(=O)NC(CO)C(O)CCCCCCCCCCCCCCCCCCCCCCCCCCC. The number of aliphatic hydroxyl groups is 2. The van der Waals surface area contributed by atoms with Crippen LogP contribution in [0.3, 0.4) is 0 Å². The summed E-state index contributed by atoms with van der Waals surface area (Å²) in [5.41, 5.74) is 0. The number of nitrogens with one attached hydrogen (secondary N) is 1. The molecular weight excluding hydrogens is 779 g/mol. The lowest BCUT2D eigenvalue weighted by Gasteiger charge is -2.22. The lowest BCUT2D eigenvalue weighted by Crippen LogP contribution is -2.45. The highest BCUT2D eigenvalue weighted by atomic mass is 16.5. The first-order valence-electron chi connectivity index (χ1n) is 28.1. The number of ether oxygens (including phenoxy) is 1. The number of aliphatic hydroxyl groups excluding tert-OH is 2. The molecule has 6 heteroatoms. The smallest absolute Gasteiger partial charge is 0.305 e. The zero-order chi connectivity index (χ0) is 45.8. The van der Waals surface area contributed by atoms with E-state index in [-0.39, 0.29) is 18.5 Å². The number of hydrogen-bond acceptors (Lipinski definition) is 5. The molecule has 2 atom stereocenters. The summed E-state index contributed by atoms with van der Waals surface area (Å²) in [4.78, 5) is 24.5. The van der Waals surface area contributed by atoms with Crippen LogP contribution in [0.4, 0.5) is 0 Å². The summed E-state index contributed by atoms with van der Waals surface area (Å²) >= 11 is 0. The van der Waals surface area contributed by atoms with Gasteiger partial charge in [-0.3, -0.25) is 9.59 Å². The summed E-state index contributed by atoms with van der Waals surface area (Å²) in [5.74, 6) is -0.139. The monoisotopic (exact) mass is 888 g/mol. The molecular formula is C57H109NO5. The van der Waals surface area contributed by atoms with Gasteiger partial charge in [0.15, 0.2) is 0 Å². The largest absolute Gasteiger partial charge is 0.466 e. The van der Waals surface area contributed by atoms with Crippen LogP contribution in [-0.2, 0) is 14.3 Å². The van der Waals surface area contributed by atoms with Crippen LogP contribution in [0.5, 0.6) is 0 Å². The van der Waals surface area contributed by atoms with Crippen molar-refractivity contribution in [3.63, 3.8) is 0 Å². The van der Waals surface area contributed by atoms with Crippen molar-refractivity contribution in [1.29, 1.82) is 0 Å². The molecule has 0 heterocycles. The van der Waals surface area contributed by atoms with Gasteiger partial charge in [-0.25, -0.2) is 0 Å². The fourth-order valence-corrected chi connectivity index (χ4v) is 8.64. The van der Waals surface area contributed by atoms with E-state index in [0.717, 1.165) is 70.6 Å². The molecule has 0 aliphatic heterocycles. The first kappa shape index (κ1) is 61.3. The molecule has 0 rings (SSSR count). The minimum Gasteiger partial charge on any atom is -0.466 e. The molecule has 0 aliphatic carbocycles. The molecule has 0 aromatic rings. The van der Waals surface area contributed by atoms with E-state index >= 15 is 0 Å². The minimum absolute atomic E-state index is 0.0450. The molecule has 0 fully saturated rings. The van der Waals surface area contributed by atoms with Gasteiger partial charge in [-0.1, -0.05) is 244 Å². The molecule has 3 N–H and O–H groups in total. The third-order valence-corrected chi connectivity index (χ3v) is 13.0. The number of amides is 1. The van der Waals surface area contributed by atoms with Gasteiger partial charge in [-0.2, -0.15) is 0 Å². The topological polar surface area (TPSA) is 95.9 Å². The first-order valence-corrected chi connectivity index (χ1v) is 28.1. The summed E-state index contributed by atoms with van der Waals surface area (Å²) in [5, 5.41) is 23.3. The van der Waals surface area contributed by atoms with Crippen molar-refractivity contribution in [2.75, 3.05) is 13.2 Å². The molecule has 0 saturated carbocycles. The minimum atomic E-state index is -0.696. The average Bonchev–Trinajstić information content (AvgIpc) is 3.28. The van der Waals surface area contributed by atoms with Gasteiger partial charge in [0.05, 0.1) is 25.4 Å². The summed E-state index contributed by atoms with van der Waals surface area (Å²) in [7, 11) is 0. The Morgan fingerprint density at radius 3 is 1.19 bits per heavy atom. The highest BCUT2D eigenvalue weighted by molar-refractivity contribution is 5.76. The van der Waals surface area contributed by atoms with Crippen LogP contribution in [0.25, 0.3) is 0 Å². The van der Waals surface area contributed by atoms with E-state index in [2.05, 4.69) is 43.5 Å². The lowest BCUT2D eigenvalue weighted by atomic mass is 10.0. The third-order valence-electron chi connectivity index (χ3n) is 13.0. The van der Waals surface area contributed by atoms with Gasteiger partial charge < -0.3 is 20.3 Å². The van der Waals surface area contributed by atoms with Crippen molar-refractivity contribution in [3.05, 3.63) is 24.3 Å². The Hall–Kier alpha value is -1.66. The summed E-state index contributed by atoms with van der Waals surface area (Å²) in [6, 6.07) is -0.580. The molecule has 0 aliphatic rings. The molecule has 0 saturated heterocycles. The van der Waals surface area contributed by atoms with E-state index < -0.39 is 12.1 Å². The number of allylic oxidation sites excluding steroid dienone is 4. The number of hydrogen-bond donors (Lipinski definition) is 3. The van der Waals surface area contributed by atoms with Crippen LogP contribution in [0.1, 0.15) is 303 Å². The zero-order valence-electron chi connectivity index (χ0n) is 42.3. The molecule has 372 valence electrons. The number of unbranched alkanes of at least 4 members (excludes halogenated alkanes) is 37. The van der Waals surface area contributed by atoms with Crippen molar-refractivity contribution in [2.45, 2.75) is 315 Å². The van der Waals surface area contributed by atoms with Gasteiger partial charge in [0.1, 0.15) is 0 Å². The van der Waals surface area contributed by atoms with Crippen LogP contribution in [0.15, 0.2) is 24.3 Å². The highest BCUT2D eigenvalue weighted by Gasteiger charge is 2.20. The van der Waals surface area contributed by atoms with Gasteiger partial charge in [0.2, 0.25) is 5.91 Å². The normalized spacial score (nSPS) is 12.8. The van der Waals surface area contributed by atoms with Crippen LogP contribution < -0.4 is 5.32 Å². The second kappa shape index (κ2) is 53.0. The molecule has 0 aromatic heterocycles. The number of carbonyl (C=O) groups is 2. The van der Waals surface area contributed by atoms with Gasteiger partial charge in [0.25, 0.3) is 0 Å². The molecule has 0 spiro atoms. The Labute approximate surface area is 392 Å². The van der Waals surface area contributed by atoms with E-state index in [1.165, 1.54) is 199 Å². The molecule has 0 radical (unpaired) electrons. The van der Waals surface area contributed by atoms with Crippen molar-refractivity contribution in [3.8, 4) is 0 Å². The van der Waals surface area contributed by atoms with Crippen molar-refractivity contribution in [1.82, 2.24) is 5.32 Å². The number of esters is 1. The Morgan fingerprint density at radius 2 is 0.762 bits per heavy atom. The van der Waals surface area contributed by atoms with Crippen LogP contribution in [0.2, 0.25) is 0 Å². The van der Waals surface area contributed by atoms with Gasteiger partial charge in [-0.05, 0) is 70.6 Å². The predicted molar refractivity (Wildman–Crippen MR) is 273 cm³/mol. The second-order valence-electron chi connectivity index (χ2n) is 19.3. The Balaban J connectivity index is 3.51. The Bertz CT molecular complexity index is 982. The van der Waals surface area contributed by atoms with Crippen LogP contribution in [0, 0.1) is 0 Å². The van der Waals surface area contributed by atoms with E-state index in [9.17, 15) is 19.8 Å².